The van der Waals surface area contributed by atoms with Crippen molar-refractivity contribution in [3.05, 3.63) is 11.6 Å². The maximum Gasteiger partial charge on any atom is 0.316 e. The summed E-state index contributed by atoms with van der Waals surface area (Å²) in [6.45, 7) is 12.5. The van der Waals surface area contributed by atoms with Crippen molar-refractivity contribution in [2.24, 2.45) is 46.3 Å². The molecule has 3 heteroatoms. The summed E-state index contributed by atoms with van der Waals surface area (Å²) in [6, 6.07) is 0. The Balaban J connectivity index is 1.45. The largest absolute Gasteiger partial charge is 0.461 e. The van der Waals surface area contributed by atoms with Gasteiger partial charge in [0.15, 0.2) is 0 Å². The fourth-order valence-electron chi connectivity index (χ4n) is 8.97. The molecule has 0 N–H and O–H groups in total. The number of hydrogen-bond donors (Lipinski definition) is 0. The van der Waals surface area contributed by atoms with Gasteiger partial charge in [-0.2, -0.15) is 0 Å². The van der Waals surface area contributed by atoms with Crippen LogP contribution in [0.2, 0.25) is 0 Å². The van der Waals surface area contributed by atoms with Crippen molar-refractivity contribution in [1.82, 2.24) is 0 Å². The zero-order valence-electron chi connectivity index (χ0n) is 21.3. The molecule has 2 nitrogen and oxygen atoms in total. The highest BCUT2D eigenvalue weighted by atomic mass is 79.9. The fourth-order valence-corrected chi connectivity index (χ4v) is 9.10. The first kappa shape index (κ1) is 24.8. The summed E-state index contributed by atoms with van der Waals surface area (Å²) in [4.78, 5) is 11.8. The van der Waals surface area contributed by atoms with Crippen molar-refractivity contribution in [3.63, 3.8) is 0 Å². The second-order valence-electron chi connectivity index (χ2n) is 12.8. The van der Waals surface area contributed by atoms with Crippen LogP contribution in [-0.4, -0.2) is 17.4 Å². The molecule has 0 heterocycles. The zero-order chi connectivity index (χ0) is 23.1. The third-order valence-electron chi connectivity index (χ3n) is 10.7. The van der Waals surface area contributed by atoms with Crippen LogP contribution in [0.5, 0.6) is 0 Å². The van der Waals surface area contributed by atoms with Gasteiger partial charge in [-0.15, -0.1) is 0 Å². The van der Waals surface area contributed by atoms with E-state index in [2.05, 4.69) is 56.6 Å². The normalized spacial score (nSPS) is 42.0. The lowest BCUT2D eigenvalue weighted by Crippen LogP contribution is -2.51. The lowest BCUT2D eigenvalue weighted by molar-refractivity contribution is -0.148. The van der Waals surface area contributed by atoms with E-state index in [0.717, 1.165) is 48.3 Å². The molecule has 4 rings (SSSR count). The molecule has 0 aromatic rings. The number of allylic oxidation sites excluding steroid dienone is 1. The van der Waals surface area contributed by atoms with Gasteiger partial charge in [-0.1, -0.05) is 81.5 Å². The molecule has 0 aromatic carbocycles. The van der Waals surface area contributed by atoms with Gasteiger partial charge in [0.1, 0.15) is 11.4 Å². The maximum absolute atomic E-state index is 11.8. The van der Waals surface area contributed by atoms with Crippen LogP contribution < -0.4 is 0 Å². The number of ether oxygens (including phenoxy) is 1. The van der Waals surface area contributed by atoms with E-state index in [9.17, 15) is 4.79 Å². The molecule has 0 aromatic heterocycles. The van der Waals surface area contributed by atoms with E-state index in [1.807, 2.05) is 0 Å². The van der Waals surface area contributed by atoms with Gasteiger partial charge >= 0.3 is 5.97 Å². The Labute approximate surface area is 205 Å². The third-order valence-corrected chi connectivity index (χ3v) is 11.1. The van der Waals surface area contributed by atoms with Crippen LogP contribution in [-0.2, 0) is 9.53 Å². The van der Waals surface area contributed by atoms with E-state index in [1.165, 1.54) is 57.8 Å². The fraction of sp³-hybridized carbons (Fsp3) is 0.897. The van der Waals surface area contributed by atoms with Crippen molar-refractivity contribution in [1.29, 1.82) is 0 Å². The predicted octanol–water partition coefficient (Wildman–Crippen LogP) is 8.33. The minimum Gasteiger partial charge on any atom is -0.461 e. The Kier molecular flexibility index (Phi) is 7.55. The Morgan fingerprint density at radius 1 is 1.09 bits per heavy atom. The summed E-state index contributed by atoms with van der Waals surface area (Å²) < 4.78 is 5.72. The Bertz CT molecular complexity index is 714. The number of carbonyl (C=O) groups excluding carboxylic acids is 1. The van der Waals surface area contributed by atoms with Crippen LogP contribution in [0.1, 0.15) is 105 Å². The minimum absolute atomic E-state index is 0.0901. The molecule has 3 saturated carbocycles. The van der Waals surface area contributed by atoms with Gasteiger partial charge in [-0.3, -0.25) is 4.79 Å². The highest BCUT2D eigenvalue weighted by molar-refractivity contribution is 9.09. The average Bonchev–Trinajstić information content (AvgIpc) is 3.11. The number of esters is 1. The van der Waals surface area contributed by atoms with Gasteiger partial charge in [-0.05, 0) is 91.3 Å². The highest BCUT2D eigenvalue weighted by Gasteiger charge is 2.59. The summed E-state index contributed by atoms with van der Waals surface area (Å²) >= 11 is 3.24. The van der Waals surface area contributed by atoms with Crippen molar-refractivity contribution in [2.45, 2.75) is 111 Å². The zero-order valence-corrected chi connectivity index (χ0v) is 22.9. The molecule has 3 fully saturated rings. The molecule has 32 heavy (non-hydrogen) atoms. The Morgan fingerprint density at radius 3 is 2.59 bits per heavy atom. The van der Waals surface area contributed by atoms with Gasteiger partial charge in [-0.25, -0.2) is 0 Å². The van der Waals surface area contributed by atoms with Crippen molar-refractivity contribution in [2.75, 3.05) is 5.33 Å². The lowest BCUT2D eigenvalue weighted by atomic mass is 9.47. The number of halogens is 1. The van der Waals surface area contributed by atoms with Crippen LogP contribution in [0.4, 0.5) is 0 Å². The molecule has 8 atom stereocenters. The molecule has 0 aliphatic heterocycles. The third kappa shape index (κ3) is 4.50. The molecule has 4 unspecified atom stereocenters. The van der Waals surface area contributed by atoms with E-state index < -0.39 is 0 Å². The van der Waals surface area contributed by atoms with Crippen molar-refractivity contribution < 1.29 is 9.53 Å². The molecule has 0 radical (unpaired) electrons. The molecule has 4 aliphatic carbocycles. The summed E-state index contributed by atoms with van der Waals surface area (Å²) in [7, 11) is 0. The molecule has 0 amide bonds. The minimum atomic E-state index is -0.110. The van der Waals surface area contributed by atoms with Crippen LogP contribution >= 0.6 is 15.9 Å². The number of hydrogen-bond acceptors (Lipinski definition) is 2. The van der Waals surface area contributed by atoms with E-state index in [0.29, 0.717) is 16.2 Å². The monoisotopic (exact) mass is 506 g/mol. The van der Waals surface area contributed by atoms with Crippen LogP contribution in [0.25, 0.3) is 0 Å². The van der Waals surface area contributed by atoms with E-state index in [-0.39, 0.29) is 12.1 Å². The first-order valence-electron chi connectivity index (χ1n) is 13.6. The second-order valence-corrected chi connectivity index (χ2v) is 13.3. The quantitative estimate of drug-likeness (QED) is 0.197. The highest BCUT2D eigenvalue weighted by Crippen LogP contribution is 2.67. The van der Waals surface area contributed by atoms with Gasteiger partial charge in [0, 0.05) is 6.42 Å². The standard InChI is InChI=1S/C29H47BrO2/c1-19(2)7-6-8-20(3)24-11-12-25-23-10-9-21-17-22(32-27(31)18-30)13-15-28(21,4)26(23)14-16-29(24,25)5/h9,19-20,22-26H,6-8,10-18H2,1-5H3/t20-,22?,23?,24-,25?,26?,28+,29-/m1/s1. The van der Waals surface area contributed by atoms with Gasteiger partial charge in [0.05, 0.1) is 0 Å². The number of rotatable bonds is 7. The van der Waals surface area contributed by atoms with Gasteiger partial charge < -0.3 is 4.74 Å². The van der Waals surface area contributed by atoms with Crippen molar-refractivity contribution in [3.8, 4) is 0 Å². The number of alkyl halides is 1. The molecule has 0 spiro atoms. The SMILES string of the molecule is CC(C)CCC[C@@H](C)[C@H]1CCC2C3CC=C4CC(OC(=O)CBr)CC[C@]4(C)C3CC[C@@]21C. The van der Waals surface area contributed by atoms with Crippen LogP contribution in [0, 0.1) is 46.3 Å². The predicted molar refractivity (Wildman–Crippen MR) is 137 cm³/mol. The smallest absolute Gasteiger partial charge is 0.316 e. The van der Waals surface area contributed by atoms with Crippen molar-refractivity contribution >= 4 is 21.9 Å². The summed E-state index contributed by atoms with van der Waals surface area (Å²) in [5.41, 5.74) is 2.50. The van der Waals surface area contributed by atoms with Gasteiger partial charge in [0.2, 0.25) is 0 Å². The first-order valence-corrected chi connectivity index (χ1v) is 14.8. The maximum atomic E-state index is 11.8. The number of fused-ring (bicyclic) bond motifs is 5. The van der Waals surface area contributed by atoms with E-state index in [1.54, 1.807) is 5.57 Å². The van der Waals surface area contributed by atoms with E-state index >= 15 is 0 Å². The Morgan fingerprint density at radius 2 is 1.88 bits per heavy atom. The topological polar surface area (TPSA) is 26.3 Å². The summed E-state index contributed by atoms with van der Waals surface area (Å²) in [6.07, 6.45) is 17.1. The molecule has 0 bridgehead atoms. The second kappa shape index (κ2) is 9.74. The Hall–Kier alpha value is -0.310. The molecular weight excluding hydrogens is 460 g/mol. The van der Waals surface area contributed by atoms with Crippen LogP contribution in [0.3, 0.4) is 0 Å². The average molecular weight is 508 g/mol. The molecule has 0 saturated heterocycles. The molecule has 182 valence electrons. The number of carbonyl (C=O) groups is 1. The molecule has 4 aliphatic rings. The first-order chi connectivity index (χ1) is 15.2. The lowest BCUT2D eigenvalue weighted by Gasteiger charge is -2.58. The summed E-state index contributed by atoms with van der Waals surface area (Å²) in [5.74, 6) is 5.16. The van der Waals surface area contributed by atoms with E-state index in [4.69, 9.17) is 4.74 Å². The summed E-state index contributed by atoms with van der Waals surface area (Å²) in [5, 5.41) is 0.307. The van der Waals surface area contributed by atoms with Crippen LogP contribution in [0.15, 0.2) is 11.6 Å². The molecular formula is C29H47BrO2. The van der Waals surface area contributed by atoms with Gasteiger partial charge in [0.25, 0.3) is 0 Å².